The summed E-state index contributed by atoms with van der Waals surface area (Å²) in [5.41, 5.74) is 1.77. The van der Waals surface area contributed by atoms with Crippen LogP contribution in [0, 0.1) is 0 Å². The van der Waals surface area contributed by atoms with E-state index in [0.29, 0.717) is 28.5 Å². The molecule has 1 fully saturated rings. The van der Waals surface area contributed by atoms with Gasteiger partial charge in [0.05, 0.1) is 11.9 Å². The molecule has 2 heterocycles. The Balaban J connectivity index is 1.61. The van der Waals surface area contributed by atoms with E-state index in [2.05, 4.69) is 19.7 Å². The number of nitrogens with zero attached hydrogens (tertiary/aromatic N) is 2. The van der Waals surface area contributed by atoms with Gasteiger partial charge in [0, 0.05) is 11.8 Å². The van der Waals surface area contributed by atoms with E-state index in [1.807, 2.05) is 13.8 Å². The minimum atomic E-state index is -3.72. The van der Waals surface area contributed by atoms with E-state index in [0.717, 1.165) is 18.7 Å². The van der Waals surface area contributed by atoms with Crippen molar-refractivity contribution in [3.05, 3.63) is 36.1 Å². The number of benzene rings is 1. The average Bonchev–Trinajstić information content (AvgIpc) is 3.09. The summed E-state index contributed by atoms with van der Waals surface area (Å²) in [5, 5.41) is 0.0464. The van der Waals surface area contributed by atoms with Crippen LogP contribution in [0.2, 0.25) is 0 Å². The van der Waals surface area contributed by atoms with Gasteiger partial charge in [-0.25, -0.2) is 9.97 Å². The number of imidazole rings is 1. The predicted octanol–water partition coefficient (Wildman–Crippen LogP) is 3.35. The topological polar surface area (TPSA) is 101 Å². The Labute approximate surface area is 139 Å². The zero-order chi connectivity index (χ0) is 16.9. The maximum absolute atomic E-state index is 12.5. The van der Waals surface area contributed by atoms with Gasteiger partial charge in [-0.15, -0.1) is 0 Å². The molecule has 1 saturated carbocycles. The van der Waals surface area contributed by atoms with Crippen molar-refractivity contribution in [2.24, 2.45) is 0 Å². The van der Waals surface area contributed by atoms with Crippen molar-refractivity contribution >= 4 is 26.8 Å². The van der Waals surface area contributed by atoms with Gasteiger partial charge < -0.3 is 9.40 Å². The molecule has 0 aliphatic heterocycles. The third kappa shape index (κ3) is 2.77. The molecule has 2 N–H and O–H groups in total. The highest BCUT2D eigenvalue weighted by Gasteiger charge is 2.29. The number of anilines is 1. The number of nitrogens with one attached hydrogen (secondary N) is 2. The first-order valence-electron chi connectivity index (χ1n) is 7.90. The molecule has 2 aromatic heterocycles. The summed E-state index contributed by atoms with van der Waals surface area (Å²) in [5.74, 6) is 1.91. The lowest BCUT2D eigenvalue weighted by Crippen LogP contribution is -2.13. The Kier molecular flexibility index (Phi) is 3.38. The first-order chi connectivity index (χ1) is 11.4. The average molecular weight is 346 g/mol. The van der Waals surface area contributed by atoms with Gasteiger partial charge in [0.2, 0.25) is 0 Å². The highest BCUT2D eigenvalue weighted by molar-refractivity contribution is 7.92. The van der Waals surface area contributed by atoms with Crippen LogP contribution in [0.3, 0.4) is 0 Å². The highest BCUT2D eigenvalue weighted by Crippen LogP contribution is 2.40. The molecule has 24 heavy (non-hydrogen) atoms. The predicted molar refractivity (Wildman–Crippen MR) is 89.5 cm³/mol. The molecular formula is C16H18N4O3S. The third-order valence-electron chi connectivity index (χ3n) is 3.99. The number of hydrogen-bond donors (Lipinski definition) is 2. The van der Waals surface area contributed by atoms with Gasteiger partial charge in [-0.3, -0.25) is 4.72 Å². The zero-order valence-corrected chi connectivity index (χ0v) is 14.2. The van der Waals surface area contributed by atoms with Crippen LogP contribution in [0.5, 0.6) is 0 Å². The number of fused-ring (bicyclic) bond motifs is 1. The molecule has 3 aromatic rings. The Bertz CT molecular complexity index is 999. The lowest BCUT2D eigenvalue weighted by Gasteiger charge is -2.06. The van der Waals surface area contributed by atoms with E-state index < -0.39 is 10.0 Å². The van der Waals surface area contributed by atoms with Crippen LogP contribution in [0.1, 0.15) is 50.2 Å². The molecule has 126 valence electrons. The third-order valence-corrected chi connectivity index (χ3v) is 5.28. The van der Waals surface area contributed by atoms with E-state index in [4.69, 9.17) is 4.42 Å². The minimum absolute atomic E-state index is 0.0464. The summed E-state index contributed by atoms with van der Waals surface area (Å²) in [7, 11) is -3.72. The molecule has 0 radical (unpaired) electrons. The number of hydrogen-bond acceptors (Lipinski definition) is 5. The fourth-order valence-corrected chi connectivity index (χ4v) is 3.45. The van der Waals surface area contributed by atoms with Crippen LogP contribution in [-0.2, 0) is 10.0 Å². The smallest absolute Gasteiger partial charge is 0.278 e. The van der Waals surface area contributed by atoms with Gasteiger partial charge in [-0.1, -0.05) is 13.8 Å². The second-order valence-corrected chi connectivity index (χ2v) is 8.05. The zero-order valence-electron chi connectivity index (χ0n) is 13.4. The molecule has 0 bridgehead atoms. The molecule has 0 saturated heterocycles. The number of aromatic amines is 1. The summed E-state index contributed by atoms with van der Waals surface area (Å²) < 4.78 is 33.2. The minimum Gasteiger partial charge on any atom is -0.440 e. The monoisotopic (exact) mass is 346 g/mol. The number of sulfonamides is 1. The quantitative estimate of drug-likeness (QED) is 0.738. The molecule has 7 nitrogen and oxygen atoms in total. The molecular weight excluding hydrogens is 328 g/mol. The van der Waals surface area contributed by atoms with Gasteiger partial charge in [-0.2, -0.15) is 8.42 Å². The maximum atomic E-state index is 12.5. The first-order valence-corrected chi connectivity index (χ1v) is 9.39. The lowest BCUT2D eigenvalue weighted by molar-refractivity contribution is 0.533. The highest BCUT2D eigenvalue weighted by atomic mass is 32.2. The summed E-state index contributed by atoms with van der Waals surface area (Å²) >= 11 is 0. The second kappa shape index (κ2) is 5.34. The lowest BCUT2D eigenvalue weighted by atomic mass is 10.2. The molecule has 0 amide bonds. The number of aromatic nitrogens is 3. The summed E-state index contributed by atoms with van der Waals surface area (Å²) in [6.45, 7) is 3.89. The van der Waals surface area contributed by atoms with E-state index in [1.54, 1.807) is 18.2 Å². The Morgan fingerprint density at radius 2 is 2.12 bits per heavy atom. The van der Waals surface area contributed by atoms with Crippen LogP contribution >= 0.6 is 0 Å². The van der Waals surface area contributed by atoms with E-state index in [1.165, 1.54) is 6.20 Å². The molecule has 0 spiro atoms. The first kappa shape index (κ1) is 15.2. The standard InChI is InChI=1S/C16H18N4O3S/c1-9(2)15-17-8-14(19-15)24(21,22)20-11-5-6-13-12(7-11)18-16(23-13)10-3-4-10/h5-10,20H,3-4H2,1-2H3,(H,17,19). The van der Waals surface area contributed by atoms with Crippen molar-refractivity contribution in [1.29, 1.82) is 0 Å². The van der Waals surface area contributed by atoms with Crippen LogP contribution in [0.15, 0.2) is 33.8 Å². The van der Waals surface area contributed by atoms with Gasteiger partial charge in [0.1, 0.15) is 11.3 Å². The van der Waals surface area contributed by atoms with Crippen LogP contribution < -0.4 is 4.72 Å². The normalized spacial score (nSPS) is 15.3. The molecule has 8 heteroatoms. The molecule has 4 rings (SSSR count). The fourth-order valence-electron chi connectivity index (χ4n) is 2.47. The van der Waals surface area contributed by atoms with Gasteiger partial charge in [0.15, 0.2) is 16.5 Å². The van der Waals surface area contributed by atoms with Crippen molar-refractivity contribution in [3.63, 3.8) is 0 Å². The SMILES string of the molecule is CC(C)c1ncc(S(=O)(=O)Nc2ccc3oc(C4CC4)nc3c2)[nH]1. The molecule has 1 aromatic carbocycles. The Morgan fingerprint density at radius 1 is 1.33 bits per heavy atom. The summed E-state index contributed by atoms with van der Waals surface area (Å²) in [6.07, 6.45) is 3.53. The largest absolute Gasteiger partial charge is 0.440 e. The molecule has 0 unspecified atom stereocenters. The number of rotatable bonds is 5. The van der Waals surface area contributed by atoms with Crippen molar-refractivity contribution in [1.82, 2.24) is 15.0 Å². The van der Waals surface area contributed by atoms with Crippen LogP contribution in [0.25, 0.3) is 11.1 Å². The molecule has 0 atom stereocenters. The van der Waals surface area contributed by atoms with Crippen molar-refractivity contribution in [2.45, 2.75) is 43.6 Å². The van der Waals surface area contributed by atoms with Gasteiger partial charge >= 0.3 is 0 Å². The molecule has 1 aliphatic rings. The Morgan fingerprint density at radius 3 is 2.79 bits per heavy atom. The summed E-state index contributed by atoms with van der Waals surface area (Å²) in [6, 6.07) is 5.09. The molecule has 1 aliphatic carbocycles. The summed E-state index contributed by atoms with van der Waals surface area (Å²) in [4.78, 5) is 11.4. The van der Waals surface area contributed by atoms with Crippen LogP contribution in [0.4, 0.5) is 5.69 Å². The maximum Gasteiger partial charge on any atom is 0.278 e. The van der Waals surface area contributed by atoms with Crippen molar-refractivity contribution in [2.75, 3.05) is 4.72 Å². The fraction of sp³-hybridized carbons (Fsp3) is 0.375. The van der Waals surface area contributed by atoms with Crippen molar-refractivity contribution < 1.29 is 12.8 Å². The number of H-pyrrole nitrogens is 1. The van der Waals surface area contributed by atoms with E-state index in [9.17, 15) is 8.42 Å². The van der Waals surface area contributed by atoms with E-state index >= 15 is 0 Å². The Hall–Kier alpha value is -2.35. The van der Waals surface area contributed by atoms with E-state index in [-0.39, 0.29) is 10.9 Å². The number of oxazole rings is 1. The van der Waals surface area contributed by atoms with Gasteiger partial charge in [0.25, 0.3) is 10.0 Å². The van der Waals surface area contributed by atoms with Crippen LogP contribution in [-0.4, -0.2) is 23.4 Å². The van der Waals surface area contributed by atoms with Gasteiger partial charge in [-0.05, 0) is 31.0 Å². The van der Waals surface area contributed by atoms with Crippen molar-refractivity contribution in [3.8, 4) is 0 Å². The second-order valence-electron chi connectivity index (χ2n) is 6.40.